The molecule has 0 saturated carbocycles. The van der Waals surface area contributed by atoms with E-state index < -0.39 is 124 Å². The van der Waals surface area contributed by atoms with Gasteiger partial charge in [-0.15, -0.1) is 0 Å². The molecular formula is C62H119NO18. The van der Waals surface area contributed by atoms with E-state index in [1.165, 1.54) is 180 Å². The van der Waals surface area contributed by atoms with Crippen LogP contribution in [0.25, 0.3) is 0 Å². The van der Waals surface area contributed by atoms with E-state index in [1.54, 1.807) is 0 Å². The highest BCUT2D eigenvalue weighted by Gasteiger charge is 2.53. The van der Waals surface area contributed by atoms with E-state index in [0.717, 1.165) is 44.9 Å². The van der Waals surface area contributed by atoms with Crippen molar-refractivity contribution >= 4 is 5.91 Å². The SMILES string of the molecule is CCCCCCCCCCCCCCCCCCCCCCCCC(=O)NC(COC1OC(CO)C(OC2OC(CO)C(OC3OC(CO)C(O)C(O)C3O)C(O)C2O)C(O)C1O)C(O)CCCCCCCCCCCCCCCC. The Kier molecular flexibility index (Phi) is 42.1. The second-order valence-electron chi connectivity index (χ2n) is 23.9. The van der Waals surface area contributed by atoms with E-state index in [-0.39, 0.29) is 18.9 Å². The number of amides is 1. The number of hydrogen-bond acceptors (Lipinski definition) is 18. The summed E-state index contributed by atoms with van der Waals surface area (Å²) in [5.41, 5.74) is 0. The Bertz CT molecular complexity index is 1490. The first-order valence-corrected chi connectivity index (χ1v) is 32.8. The van der Waals surface area contributed by atoms with Gasteiger partial charge in [0.15, 0.2) is 18.9 Å². The molecule has 3 rings (SSSR count). The average molecular weight is 1170 g/mol. The molecule has 12 N–H and O–H groups in total. The van der Waals surface area contributed by atoms with Crippen molar-refractivity contribution in [2.45, 2.75) is 362 Å². The molecule has 19 nitrogen and oxygen atoms in total. The lowest BCUT2D eigenvalue weighted by atomic mass is 9.96. The van der Waals surface area contributed by atoms with Crippen LogP contribution in [0.3, 0.4) is 0 Å². The minimum Gasteiger partial charge on any atom is -0.394 e. The molecule has 0 aromatic carbocycles. The number of unbranched alkanes of at least 4 members (excludes halogenated alkanes) is 34. The van der Waals surface area contributed by atoms with Gasteiger partial charge in [-0.3, -0.25) is 4.79 Å². The summed E-state index contributed by atoms with van der Waals surface area (Å²) in [4.78, 5) is 13.4. The maximum Gasteiger partial charge on any atom is 0.220 e. The van der Waals surface area contributed by atoms with E-state index in [9.17, 15) is 61.0 Å². The topological polar surface area (TPSA) is 307 Å². The lowest BCUT2D eigenvalue weighted by Crippen LogP contribution is -2.66. The summed E-state index contributed by atoms with van der Waals surface area (Å²) >= 11 is 0. The van der Waals surface area contributed by atoms with Crippen molar-refractivity contribution in [3.05, 3.63) is 0 Å². The van der Waals surface area contributed by atoms with E-state index >= 15 is 0 Å². The van der Waals surface area contributed by atoms with Gasteiger partial charge in [-0.2, -0.15) is 0 Å². The quantitative estimate of drug-likeness (QED) is 0.0269. The van der Waals surface area contributed by atoms with E-state index in [2.05, 4.69) is 19.2 Å². The molecule has 3 aliphatic rings. The molecule has 3 aliphatic heterocycles. The van der Waals surface area contributed by atoms with Gasteiger partial charge in [-0.1, -0.05) is 239 Å². The first kappa shape index (κ1) is 74.0. The van der Waals surface area contributed by atoms with Crippen LogP contribution >= 0.6 is 0 Å². The van der Waals surface area contributed by atoms with Gasteiger partial charge in [0.1, 0.15) is 73.2 Å². The monoisotopic (exact) mass is 1170 g/mol. The van der Waals surface area contributed by atoms with Crippen LogP contribution in [0.15, 0.2) is 0 Å². The van der Waals surface area contributed by atoms with Crippen LogP contribution in [0.4, 0.5) is 0 Å². The molecule has 3 heterocycles. The number of hydrogen-bond donors (Lipinski definition) is 12. The first-order chi connectivity index (χ1) is 39.3. The third-order valence-corrected chi connectivity index (χ3v) is 16.9. The van der Waals surface area contributed by atoms with Crippen molar-refractivity contribution < 1.29 is 89.4 Å². The molecule has 19 heteroatoms. The van der Waals surface area contributed by atoms with Gasteiger partial charge in [0.25, 0.3) is 0 Å². The van der Waals surface area contributed by atoms with Crippen molar-refractivity contribution in [2.75, 3.05) is 26.4 Å². The normalized spacial score (nSPS) is 29.7. The molecule has 0 radical (unpaired) electrons. The third-order valence-electron chi connectivity index (χ3n) is 16.9. The number of aliphatic hydroxyl groups is 11. The van der Waals surface area contributed by atoms with Gasteiger partial charge >= 0.3 is 0 Å². The molecule has 480 valence electrons. The lowest BCUT2D eigenvalue weighted by Gasteiger charge is -2.48. The van der Waals surface area contributed by atoms with Crippen molar-refractivity contribution in [1.82, 2.24) is 5.32 Å². The molecule has 0 aliphatic carbocycles. The highest BCUT2D eigenvalue weighted by Crippen LogP contribution is 2.33. The Morgan fingerprint density at radius 2 is 0.704 bits per heavy atom. The molecular weight excluding hydrogens is 1050 g/mol. The maximum absolute atomic E-state index is 13.4. The summed E-state index contributed by atoms with van der Waals surface area (Å²) < 4.78 is 34.4. The zero-order chi connectivity index (χ0) is 59.0. The molecule has 3 saturated heterocycles. The molecule has 0 aromatic heterocycles. The van der Waals surface area contributed by atoms with Gasteiger partial charge in [0.05, 0.1) is 38.6 Å². The van der Waals surface area contributed by atoms with Crippen molar-refractivity contribution in [3.63, 3.8) is 0 Å². The zero-order valence-corrected chi connectivity index (χ0v) is 50.3. The van der Waals surface area contributed by atoms with Gasteiger partial charge in [0.2, 0.25) is 5.91 Å². The summed E-state index contributed by atoms with van der Waals surface area (Å²) in [5.74, 6) is -0.237. The van der Waals surface area contributed by atoms with Crippen LogP contribution in [0.2, 0.25) is 0 Å². The van der Waals surface area contributed by atoms with Crippen molar-refractivity contribution in [2.24, 2.45) is 0 Å². The lowest BCUT2D eigenvalue weighted by molar-refractivity contribution is -0.379. The standard InChI is InChI=1S/C62H119NO18/c1-3-5-7-9-11-13-15-17-19-20-21-22-23-24-25-26-28-30-32-34-36-38-40-50(68)63-45(46(67)39-37-35-33-31-29-27-18-16-14-12-10-8-6-4-2)44-76-60-56(74)53(71)58(48(42-65)78-60)81-62-57(75)54(72)59(49(43-66)79-62)80-61-55(73)52(70)51(69)47(41-64)77-61/h45-49,51-62,64-67,69-75H,3-44H2,1-2H3,(H,63,68). The Morgan fingerprint density at radius 1 is 0.395 bits per heavy atom. The minimum atomic E-state index is -1.97. The fourth-order valence-electron chi connectivity index (χ4n) is 11.6. The Morgan fingerprint density at radius 3 is 1.07 bits per heavy atom. The largest absolute Gasteiger partial charge is 0.394 e. The maximum atomic E-state index is 13.4. The minimum absolute atomic E-state index is 0.237. The van der Waals surface area contributed by atoms with Gasteiger partial charge in [-0.05, 0) is 12.8 Å². The highest BCUT2D eigenvalue weighted by molar-refractivity contribution is 5.76. The van der Waals surface area contributed by atoms with Crippen LogP contribution in [0, 0.1) is 0 Å². The summed E-state index contributed by atoms with van der Waals surface area (Å²) in [5, 5.41) is 120. The smallest absolute Gasteiger partial charge is 0.220 e. The highest BCUT2D eigenvalue weighted by atomic mass is 16.8. The van der Waals surface area contributed by atoms with E-state index in [1.807, 2.05) is 0 Å². The van der Waals surface area contributed by atoms with Gasteiger partial charge in [-0.25, -0.2) is 0 Å². The summed E-state index contributed by atoms with van der Waals surface area (Å²) in [6.45, 7) is 1.82. The molecule has 0 bridgehead atoms. The molecule has 17 atom stereocenters. The Hall–Kier alpha value is -1.21. The fourth-order valence-corrected chi connectivity index (χ4v) is 11.6. The average Bonchev–Trinajstić information content (AvgIpc) is 3.46. The second kappa shape index (κ2) is 46.0. The predicted octanol–water partition coefficient (Wildman–Crippen LogP) is 7.16. The summed E-state index contributed by atoms with van der Waals surface area (Å²) in [6, 6.07) is -0.880. The first-order valence-electron chi connectivity index (χ1n) is 32.8. The Labute approximate surface area is 487 Å². The van der Waals surface area contributed by atoms with Crippen LogP contribution in [0.1, 0.15) is 258 Å². The van der Waals surface area contributed by atoms with Crippen LogP contribution in [0.5, 0.6) is 0 Å². The van der Waals surface area contributed by atoms with Crippen LogP contribution < -0.4 is 5.32 Å². The second-order valence-corrected chi connectivity index (χ2v) is 23.9. The summed E-state index contributed by atoms with van der Waals surface area (Å²) in [6.07, 6.45) is 19.0. The third kappa shape index (κ3) is 29.4. The molecule has 81 heavy (non-hydrogen) atoms. The molecule has 0 spiro atoms. The van der Waals surface area contributed by atoms with Crippen LogP contribution in [-0.2, 0) is 33.2 Å². The zero-order valence-electron chi connectivity index (χ0n) is 50.3. The molecule has 3 fully saturated rings. The number of aliphatic hydroxyl groups excluding tert-OH is 11. The van der Waals surface area contributed by atoms with Crippen molar-refractivity contribution in [1.29, 1.82) is 0 Å². The Balaban J connectivity index is 1.44. The van der Waals surface area contributed by atoms with E-state index in [4.69, 9.17) is 28.4 Å². The van der Waals surface area contributed by atoms with Gasteiger partial charge < -0.3 is 89.9 Å². The molecule has 0 aromatic rings. The van der Waals surface area contributed by atoms with Crippen molar-refractivity contribution in [3.8, 4) is 0 Å². The van der Waals surface area contributed by atoms with E-state index in [0.29, 0.717) is 12.8 Å². The number of rotatable bonds is 50. The molecule has 17 unspecified atom stereocenters. The number of nitrogens with one attached hydrogen (secondary N) is 1. The predicted molar refractivity (Wildman–Crippen MR) is 310 cm³/mol. The van der Waals surface area contributed by atoms with Crippen LogP contribution in [-0.4, -0.2) is 193 Å². The molecule has 1 amide bonds. The number of ether oxygens (including phenoxy) is 6. The number of carbonyl (C=O) groups excluding carboxylic acids is 1. The number of carbonyl (C=O) groups is 1. The van der Waals surface area contributed by atoms with Gasteiger partial charge in [0, 0.05) is 6.42 Å². The fraction of sp³-hybridized carbons (Fsp3) is 0.984. The summed E-state index contributed by atoms with van der Waals surface area (Å²) in [7, 11) is 0.